The fourth-order valence-electron chi connectivity index (χ4n) is 1.90. The molecule has 0 bridgehead atoms. The lowest BCUT2D eigenvalue weighted by Gasteiger charge is -2.21. The summed E-state index contributed by atoms with van der Waals surface area (Å²) < 4.78 is 0. The number of aromatic nitrogens is 1. The first-order valence-corrected chi connectivity index (χ1v) is 5.18. The van der Waals surface area contributed by atoms with E-state index in [9.17, 15) is 14.4 Å². The molecule has 1 aromatic heterocycles. The second-order valence-electron chi connectivity index (χ2n) is 3.81. The van der Waals surface area contributed by atoms with Crippen molar-refractivity contribution in [3.63, 3.8) is 0 Å². The molecular weight excluding hydrogens is 222 g/mol. The first-order valence-electron chi connectivity index (χ1n) is 5.18. The van der Waals surface area contributed by atoms with E-state index in [1.807, 2.05) is 0 Å². The molecule has 2 heterocycles. The van der Waals surface area contributed by atoms with Gasteiger partial charge in [-0.2, -0.15) is 0 Å². The van der Waals surface area contributed by atoms with Crippen molar-refractivity contribution in [1.82, 2.24) is 10.3 Å². The van der Waals surface area contributed by atoms with Gasteiger partial charge in [-0.1, -0.05) is 6.07 Å². The molecule has 1 aromatic rings. The first-order chi connectivity index (χ1) is 8.09. The van der Waals surface area contributed by atoms with Gasteiger partial charge in [0.1, 0.15) is 5.69 Å². The third kappa shape index (κ3) is 2.15. The van der Waals surface area contributed by atoms with E-state index in [4.69, 9.17) is 5.73 Å². The lowest BCUT2D eigenvalue weighted by atomic mass is 9.89. The minimum absolute atomic E-state index is 0.0852. The van der Waals surface area contributed by atoms with Crippen molar-refractivity contribution in [3.8, 4) is 0 Å². The number of piperidine rings is 1. The van der Waals surface area contributed by atoms with Gasteiger partial charge in [0.2, 0.25) is 11.8 Å². The van der Waals surface area contributed by atoms with E-state index in [1.165, 1.54) is 6.20 Å². The Labute approximate surface area is 97.2 Å². The number of hydrogen-bond donors (Lipinski definition) is 2. The molecule has 1 atom stereocenters. The quantitative estimate of drug-likeness (QED) is 0.684. The maximum absolute atomic E-state index is 11.7. The highest BCUT2D eigenvalue weighted by molar-refractivity contribution is 6.02. The SMILES string of the molecule is NC(=O)c1ncccc1[C@@H]1CCC(=O)NC1=O. The Morgan fingerprint density at radius 3 is 2.88 bits per heavy atom. The fraction of sp³-hybridized carbons (Fsp3) is 0.273. The van der Waals surface area contributed by atoms with E-state index >= 15 is 0 Å². The van der Waals surface area contributed by atoms with Gasteiger partial charge >= 0.3 is 0 Å². The van der Waals surface area contributed by atoms with Crippen LogP contribution in [0.5, 0.6) is 0 Å². The molecule has 3 amide bonds. The second kappa shape index (κ2) is 4.32. The monoisotopic (exact) mass is 233 g/mol. The molecule has 6 heteroatoms. The Morgan fingerprint density at radius 1 is 1.47 bits per heavy atom. The molecule has 2 rings (SSSR count). The van der Waals surface area contributed by atoms with Crippen molar-refractivity contribution < 1.29 is 14.4 Å². The molecule has 1 aliphatic rings. The molecule has 0 aliphatic carbocycles. The smallest absolute Gasteiger partial charge is 0.267 e. The summed E-state index contributed by atoms with van der Waals surface area (Å²) in [5.74, 6) is -1.92. The van der Waals surface area contributed by atoms with E-state index in [1.54, 1.807) is 12.1 Å². The van der Waals surface area contributed by atoms with Crippen LogP contribution in [0.1, 0.15) is 34.8 Å². The number of rotatable bonds is 2. The molecule has 0 spiro atoms. The van der Waals surface area contributed by atoms with E-state index in [-0.39, 0.29) is 18.0 Å². The summed E-state index contributed by atoms with van der Waals surface area (Å²) in [7, 11) is 0. The predicted octanol–water partition coefficient (Wildman–Crippen LogP) is -0.299. The Kier molecular flexibility index (Phi) is 2.86. The second-order valence-corrected chi connectivity index (χ2v) is 3.81. The van der Waals surface area contributed by atoms with Gasteiger partial charge in [-0.3, -0.25) is 24.7 Å². The molecule has 0 aromatic carbocycles. The van der Waals surface area contributed by atoms with Crippen LogP contribution < -0.4 is 11.1 Å². The van der Waals surface area contributed by atoms with Crippen LogP contribution in [0.3, 0.4) is 0 Å². The lowest BCUT2D eigenvalue weighted by molar-refractivity contribution is -0.134. The van der Waals surface area contributed by atoms with Crippen LogP contribution in [0.25, 0.3) is 0 Å². The Morgan fingerprint density at radius 2 is 2.24 bits per heavy atom. The summed E-state index contributed by atoms with van der Waals surface area (Å²) in [5, 5.41) is 2.24. The largest absolute Gasteiger partial charge is 0.364 e. The first kappa shape index (κ1) is 11.3. The van der Waals surface area contributed by atoms with Gasteiger partial charge in [0.05, 0.1) is 5.92 Å². The number of nitrogens with one attached hydrogen (secondary N) is 1. The van der Waals surface area contributed by atoms with Gasteiger partial charge in [0.25, 0.3) is 5.91 Å². The zero-order valence-electron chi connectivity index (χ0n) is 8.97. The molecule has 1 fully saturated rings. The lowest BCUT2D eigenvalue weighted by Crippen LogP contribution is -2.40. The Bertz CT molecular complexity index is 498. The highest BCUT2D eigenvalue weighted by Gasteiger charge is 2.30. The minimum Gasteiger partial charge on any atom is -0.364 e. The van der Waals surface area contributed by atoms with E-state index in [0.29, 0.717) is 12.0 Å². The molecule has 1 aliphatic heterocycles. The van der Waals surface area contributed by atoms with Crippen LogP contribution in [-0.4, -0.2) is 22.7 Å². The molecule has 17 heavy (non-hydrogen) atoms. The summed E-state index contributed by atoms with van der Waals surface area (Å²) in [4.78, 5) is 37.8. The molecule has 3 N–H and O–H groups in total. The zero-order chi connectivity index (χ0) is 12.4. The molecular formula is C11H11N3O3. The summed E-state index contributed by atoms with van der Waals surface area (Å²) in [6.07, 6.45) is 2.07. The maximum Gasteiger partial charge on any atom is 0.267 e. The topological polar surface area (TPSA) is 102 Å². The number of carbonyl (C=O) groups excluding carboxylic acids is 3. The van der Waals surface area contributed by atoms with Gasteiger partial charge in [-0.15, -0.1) is 0 Å². The number of amides is 3. The molecule has 6 nitrogen and oxygen atoms in total. The van der Waals surface area contributed by atoms with Gasteiger partial charge in [0.15, 0.2) is 0 Å². The Hall–Kier alpha value is -2.24. The minimum atomic E-state index is -0.676. The average molecular weight is 233 g/mol. The number of imide groups is 1. The summed E-state index contributed by atoms with van der Waals surface area (Å²) in [6, 6.07) is 3.26. The van der Waals surface area contributed by atoms with E-state index in [0.717, 1.165) is 0 Å². The van der Waals surface area contributed by atoms with E-state index < -0.39 is 17.7 Å². The third-order valence-corrected chi connectivity index (χ3v) is 2.69. The number of primary amides is 1. The normalized spacial score (nSPS) is 19.9. The summed E-state index contributed by atoms with van der Waals surface area (Å²) in [6.45, 7) is 0. The van der Waals surface area contributed by atoms with Crippen molar-refractivity contribution in [2.75, 3.05) is 0 Å². The average Bonchev–Trinajstić information content (AvgIpc) is 2.29. The number of hydrogen-bond acceptors (Lipinski definition) is 4. The van der Waals surface area contributed by atoms with Crippen molar-refractivity contribution in [2.24, 2.45) is 5.73 Å². The fourth-order valence-corrected chi connectivity index (χ4v) is 1.90. The van der Waals surface area contributed by atoms with Crippen LogP contribution in [-0.2, 0) is 9.59 Å². The van der Waals surface area contributed by atoms with Crippen molar-refractivity contribution in [3.05, 3.63) is 29.6 Å². The van der Waals surface area contributed by atoms with Gasteiger partial charge in [-0.05, 0) is 18.1 Å². The molecule has 1 saturated heterocycles. The number of nitrogens with zero attached hydrogens (tertiary/aromatic N) is 1. The standard InChI is InChI=1S/C11H11N3O3/c12-10(16)9-6(2-1-5-13-9)7-3-4-8(15)14-11(7)17/h1-2,5,7H,3-4H2,(H2,12,16)(H,14,15,17)/t7-/m0/s1. The molecule has 88 valence electrons. The van der Waals surface area contributed by atoms with Gasteiger partial charge in [0, 0.05) is 12.6 Å². The molecule has 0 radical (unpaired) electrons. The summed E-state index contributed by atoms with van der Waals surface area (Å²) >= 11 is 0. The van der Waals surface area contributed by atoms with Crippen molar-refractivity contribution in [1.29, 1.82) is 0 Å². The van der Waals surface area contributed by atoms with Gasteiger partial charge in [-0.25, -0.2) is 0 Å². The van der Waals surface area contributed by atoms with E-state index in [2.05, 4.69) is 10.3 Å². The Balaban J connectivity index is 2.37. The zero-order valence-corrected chi connectivity index (χ0v) is 8.97. The van der Waals surface area contributed by atoms with Crippen LogP contribution in [0.2, 0.25) is 0 Å². The van der Waals surface area contributed by atoms with Crippen LogP contribution >= 0.6 is 0 Å². The maximum atomic E-state index is 11.7. The van der Waals surface area contributed by atoms with Crippen LogP contribution in [0, 0.1) is 0 Å². The summed E-state index contributed by atoms with van der Waals surface area (Å²) in [5.41, 5.74) is 5.76. The highest BCUT2D eigenvalue weighted by atomic mass is 16.2. The van der Waals surface area contributed by atoms with Gasteiger partial charge < -0.3 is 5.73 Å². The van der Waals surface area contributed by atoms with Crippen molar-refractivity contribution >= 4 is 17.7 Å². The number of nitrogens with two attached hydrogens (primary N) is 1. The number of pyridine rings is 1. The van der Waals surface area contributed by atoms with Crippen LogP contribution in [0.4, 0.5) is 0 Å². The highest BCUT2D eigenvalue weighted by Crippen LogP contribution is 2.26. The number of carbonyl (C=O) groups is 3. The van der Waals surface area contributed by atoms with Crippen molar-refractivity contribution in [2.45, 2.75) is 18.8 Å². The molecule has 0 saturated carbocycles. The molecule has 0 unspecified atom stereocenters. The van der Waals surface area contributed by atoms with Crippen LogP contribution in [0.15, 0.2) is 18.3 Å². The third-order valence-electron chi connectivity index (χ3n) is 2.69. The predicted molar refractivity (Wildman–Crippen MR) is 57.9 cm³/mol.